The van der Waals surface area contributed by atoms with E-state index in [1.807, 2.05) is 36.4 Å². The van der Waals surface area contributed by atoms with E-state index in [1.165, 1.54) is 219 Å². The van der Waals surface area contributed by atoms with Crippen molar-refractivity contribution in [2.75, 3.05) is 153 Å². The van der Waals surface area contributed by atoms with Gasteiger partial charge in [-0.15, -0.1) is 0 Å². The number of hydrogen-bond acceptors (Lipinski definition) is 13. The van der Waals surface area contributed by atoms with Gasteiger partial charge >= 0.3 is 0 Å². The fraction of sp³-hybridized carbons (Fsp3) is 0.847. The van der Waals surface area contributed by atoms with Gasteiger partial charge in [0.25, 0.3) is 0 Å². The van der Waals surface area contributed by atoms with Crippen LogP contribution in [0.3, 0.4) is 0 Å². The monoisotopic (exact) mass is 1370 g/mol. The van der Waals surface area contributed by atoms with E-state index in [0.29, 0.717) is 17.1 Å². The summed E-state index contributed by atoms with van der Waals surface area (Å²) in [6.45, 7) is 43.9. The smallest absolute Gasteiger partial charge is 0.109 e. The highest BCUT2D eigenvalue weighted by Crippen LogP contribution is 2.38. The minimum atomic E-state index is -0.625. The average Bonchev–Trinajstić information content (AvgIpc) is 0.838. The summed E-state index contributed by atoms with van der Waals surface area (Å²) >= 11 is 0. The molecule has 0 saturated carbocycles. The summed E-state index contributed by atoms with van der Waals surface area (Å²) < 4.78 is 35.9. The average molecular weight is 1370 g/mol. The first-order valence-electron chi connectivity index (χ1n) is 40.7. The number of piperidine rings is 4. The third kappa shape index (κ3) is 41.1. The molecule has 0 aromatic heterocycles. The van der Waals surface area contributed by atoms with Crippen LogP contribution in [-0.4, -0.2) is 213 Å². The van der Waals surface area contributed by atoms with Crippen molar-refractivity contribution in [1.29, 1.82) is 5.26 Å². The van der Waals surface area contributed by atoms with Gasteiger partial charge in [0.05, 0.1) is 19.3 Å². The van der Waals surface area contributed by atoms with Gasteiger partial charge in [-0.05, 0) is 300 Å². The lowest BCUT2D eigenvalue weighted by molar-refractivity contribution is 0.0164. The molecule has 568 valence electrons. The van der Waals surface area contributed by atoms with E-state index < -0.39 is 5.41 Å². The summed E-state index contributed by atoms with van der Waals surface area (Å²) in [5.74, 6) is 0.922. The molecule has 98 heavy (non-hydrogen) atoms. The number of ether oxygens (including phenoxy) is 7. The second kappa shape index (κ2) is 56.9. The zero-order chi connectivity index (χ0) is 71.2. The molecule has 5 atom stereocenters. The van der Waals surface area contributed by atoms with Gasteiger partial charge < -0.3 is 47.9 Å². The molecule has 13 heteroatoms. The number of benzene rings is 2. The second-order valence-electron chi connectivity index (χ2n) is 31.2. The zero-order valence-corrected chi connectivity index (χ0v) is 66.3. The molecular formula is C85H156N6O7. The lowest BCUT2D eigenvalue weighted by atomic mass is 9.71. The third-order valence-electron chi connectivity index (χ3n) is 21.9. The van der Waals surface area contributed by atoms with Gasteiger partial charge in [0.1, 0.15) is 5.41 Å². The maximum atomic E-state index is 10.2. The van der Waals surface area contributed by atoms with Gasteiger partial charge in [-0.25, -0.2) is 0 Å². The number of hydrogen-bond donors (Lipinski definition) is 0. The Kier molecular flexibility index (Phi) is 52.0. The van der Waals surface area contributed by atoms with Crippen molar-refractivity contribution < 1.29 is 33.2 Å². The Morgan fingerprint density at radius 3 is 1.08 bits per heavy atom. The quantitative estimate of drug-likeness (QED) is 0.263. The molecule has 11 aliphatic rings. The molecule has 2 aromatic rings. The van der Waals surface area contributed by atoms with E-state index in [9.17, 15) is 5.26 Å². The van der Waals surface area contributed by atoms with E-state index in [-0.39, 0.29) is 0 Å². The molecule has 0 aliphatic carbocycles. The maximum absolute atomic E-state index is 10.2. The minimum absolute atomic E-state index is 0.314. The molecule has 2 aromatic carbocycles. The predicted molar refractivity (Wildman–Crippen MR) is 415 cm³/mol. The largest absolute Gasteiger partial charge is 0.381 e. The molecule has 5 unspecified atom stereocenters. The topological polar surface area (TPSA) is 105 Å². The van der Waals surface area contributed by atoms with Gasteiger partial charge in [0, 0.05) is 128 Å². The molecule has 11 saturated heterocycles. The van der Waals surface area contributed by atoms with Crippen molar-refractivity contribution in [1.82, 2.24) is 24.5 Å². The molecule has 0 spiro atoms. The van der Waals surface area contributed by atoms with Crippen LogP contribution in [0.15, 0.2) is 60.7 Å². The lowest BCUT2D eigenvalue weighted by Crippen LogP contribution is -2.49. The fourth-order valence-electron chi connectivity index (χ4n) is 14.4. The second-order valence-corrected chi connectivity index (χ2v) is 31.2. The van der Waals surface area contributed by atoms with Crippen LogP contribution in [0.2, 0.25) is 0 Å². The lowest BCUT2D eigenvalue weighted by Gasteiger charge is -2.44. The first-order chi connectivity index (χ1) is 47.5. The maximum Gasteiger partial charge on any atom is 0.109 e. The molecular weight excluding hydrogens is 1220 g/mol. The number of morpholine rings is 1. The molecule has 0 amide bonds. The van der Waals surface area contributed by atoms with Gasteiger partial charge in [0.15, 0.2) is 0 Å². The van der Waals surface area contributed by atoms with Gasteiger partial charge in [0.2, 0.25) is 0 Å². The van der Waals surface area contributed by atoms with Crippen molar-refractivity contribution in [2.24, 2.45) is 5.92 Å². The van der Waals surface area contributed by atoms with Crippen molar-refractivity contribution in [3.05, 3.63) is 71.8 Å². The number of likely N-dealkylation sites (tertiary alicyclic amines) is 4. The first-order valence-corrected chi connectivity index (χ1v) is 40.7. The van der Waals surface area contributed by atoms with E-state index in [0.717, 1.165) is 147 Å². The van der Waals surface area contributed by atoms with Crippen LogP contribution in [-0.2, 0) is 38.6 Å². The van der Waals surface area contributed by atoms with Crippen molar-refractivity contribution in [3.63, 3.8) is 0 Å². The Hall–Kier alpha value is -2.55. The number of rotatable bonds is 7. The molecule has 13 rings (SSSR count). The minimum Gasteiger partial charge on any atom is -0.381 e. The highest BCUT2D eigenvalue weighted by atomic mass is 16.5. The van der Waals surface area contributed by atoms with Crippen LogP contribution >= 0.6 is 0 Å². The van der Waals surface area contributed by atoms with Crippen LogP contribution in [0.5, 0.6) is 0 Å². The Morgan fingerprint density at radius 2 is 0.796 bits per heavy atom. The Morgan fingerprint density at radius 1 is 0.439 bits per heavy atom. The van der Waals surface area contributed by atoms with E-state index in [4.69, 9.17) is 33.2 Å². The van der Waals surface area contributed by atoms with Crippen LogP contribution in [0.1, 0.15) is 279 Å². The Labute approximate surface area is 605 Å². The molecule has 11 heterocycles. The summed E-state index contributed by atoms with van der Waals surface area (Å²) in [6, 6.07) is 25.7. The van der Waals surface area contributed by atoms with E-state index >= 15 is 0 Å². The van der Waals surface area contributed by atoms with Crippen molar-refractivity contribution in [2.45, 2.75) is 309 Å². The van der Waals surface area contributed by atoms with Crippen molar-refractivity contribution >= 4 is 0 Å². The third-order valence-corrected chi connectivity index (χ3v) is 21.9. The van der Waals surface area contributed by atoms with Crippen LogP contribution in [0, 0.1) is 17.2 Å². The van der Waals surface area contributed by atoms with Gasteiger partial charge in [-0.3, -0.25) is 9.80 Å². The highest BCUT2D eigenvalue weighted by Gasteiger charge is 2.38. The molecule has 0 bridgehead atoms. The van der Waals surface area contributed by atoms with E-state index in [2.05, 4.69) is 145 Å². The number of nitrogens with zero attached hydrogens (tertiary/aromatic N) is 6. The normalized spacial score (nSPS) is 25.6. The predicted octanol–water partition coefficient (Wildman–Crippen LogP) is 18.9. The molecule has 11 aliphatic heterocycles. The standard InChI is InChI=1S/C21H24N2O.2C9H19N.2C8H17N.6C5H10O/c1-18(23-12-14-24-15-13-23)16-21(17-22,19-8-4-2-5-9-19)20-10-6-3-7-11-20;1-8-5-6-10(4)9(2,3)7-8;1-8-6-5-7-9(2,3)10(8)4;1-7-5-4-6-8(2)9(7)3;1-2-6-9-7-4-3-5-8-9;6*1-2-4-6-5-3-1/h2-11,18H,12-16H2,1H3;2*8H,5-7H2,1-4H3;7-8H,4-6H2,1-3H3;2-8H2,1H3;6*1-5H2. The summed E-state index contributed by atoms with van der Waals surface area (Å²) in [6.07, 6.45) is 41.1. The van der Waals surface area contributed by atoms with Crippen LogP contribution in [0.25, 0.3) is 0 Å². The zero-order valence-electron chi connectivity index (χ0n) is 66.3. The molecule has 0 radical (unpaired) electrons. The first kappa shape index (κ1) is 89.7. The van der Waals surface area contributed by atoms with Gasteiger partial charge in [-0.2, -0.15) is 5.26 Å². The summed E-state index contributed by atoms with van der Waals surface area (Å²) in [5.41, 5.74) is 2.40. The Balaban J connectivity index is 0.000000293. The van der Waals surface area contributed by atoms with Crippen LogP contribution < -0.4 is 0 Å². The Bertz CT molecular complexity index is 1900. The van der Waals surface area contributed by atoms with Gasteiger partial charge in [-0.1, -0.05) is 93.8 Å². The summed E-state index contributed by atoms with van der Waals surface area (Å²) in [4.78, 5) is 12.4. The van der Waals surface area contributed by atoms with Crippen molar-refractivity contribution in [3.8, 4) is 6.07 Å². The summed E-state index contributed by atoms with van der Waals surface area (Å²) in [5, 5.41) is 10.2. The highest BCUT2D eigenvalue weighted by molar-refractivity contribution is 5.46. The van der Waals surface area contributed by atoms with E-state index in [1.54, 1.807) is 0 Å². The van der Waals surface area contributed by atoms with Crippen LogP contribution in [0.4, 0.5) is 0 Å². The number of nitriles is 1. The molecule has 13 nitrogen and oxygen atoms in total. The molecule has 11 fully saturated rings. The SMILES string of the molecule is C1CCOCC1.C1CCOCC1.C1CCOCC1.C1CCOCC1.C1CCOCC1.C1CCOCC1.CC(CC(C#N)(c1ccccc1)c1ccccc1)N1CCOCC1.CC1CCCC(C)(C)N1C.CC1CCCC(C)N1C.CC1CCN(C)C(C)(C)C1.CCCN1CCCCC1. The molecule has 0 N–H and O–H groups in total. The fourth-order valence-corrected chi connectivity index (χ4v) is 14.4. The summed E-state index contributed by atoms with van der Waals surface area (Å²) in [7, 11) is 6.70.